The molecule has 0 bridgehead atoms. The van der Waals surface area contributed by atoms with Crippen LogP contribution in [0.1, 0.15) is 26.7 Å². The van der Waals surface area contributed by atoms with E-state index in [2.05, 4.69) is 5.32 Å². The number of hydrogen-bond donors (Lipinski definition) is 2. The minimum Gasteiger partial charge on any atom is -0.480 e. The summed E-state index contributed by atoms with van der Waals surface area (Å²) >= 11 is 0. The zero-order valence-electron chi connectivity index (χ0n) is 13.2. The second kappa shape index (κ2) is 6.64. The van der Waals surface area contributed by atoms with E-state index in [9.17, 15) is 19.5 Å². The van der Waals surface area contributed by atoms with Crippen LogP contribution in [0.25, 0.3) is 10.9 Å². The molecule has 2 rings (SSSR count). The number of benzene rings is 1. The Bertz CT molecular complexity index is 797. The van der Waals surface area contributed by atoms with Crippen molar-refractivity contribution in [2.24, 2.45) is 0 Å². The van der Waals surface area contributed by atoms with Gasteiger partial charge in [0.05, 0.1) is 5.52 Å². The van der Waals surface area contributed by atoms with E-state index in [4.69, 9.17) is 0 Å². The number of para-hydroxylation sites is 1. The fraction of sp³-hybridized carbons (Fsp3) is 0.353. The molecule has 0 saturated heterocycles. The third kappa shape index (κ3) is 3.59. The predicted octanol–water partition coefficient (Wildman–Crippen LogP) is 1.76. The summed E-state index contributed by atoms with van der Waals surface area (Å²) in [5, 5.41) is 12.4. The molecule has 1 unspecified atom stereocenters. The van der Waals surface area contributed by atoms with Gasteiger partial charge in [-0.3, -0.25) is 9.59 Å². The van der Waals surface area contributed by atoms with Gasteiger partial charge in [0.25, 0.3) is 0 Å². The molecular formula is C17H20N2O4. The molecule has 0 fully saturated rings. The first-order chi connectivity index (χ1) is 10.9. The van der Waals surface area contributed by atoms with Gasteiger partial charge in [0, 0.05) is 17.6 Å². The molecule has 0 aliphatic heterocycles. The summed E-state index contributed by atoms with van der Waals surface area (Å²) in [4.78, 5) is 35.5. The quantitative estimate of drug-likeness (QED) is 0.850. The van der Waals surface area contributed by atoms with Crippen LogP contribution in [0.5, 0.6) is 0 Å². The number of carboxylic acids is 1. The molecule has 6 heteroatoms. The minimum absolute atomic E-state index is 0.0482. The number of pyridine rings is 1. The number of carbonyl (C=O) groups is 2. The molecule has 1 amide bonds. The summed E-state index contributed by atoms with van der Waals surface area (Å²) in [5.41, 5.74) is -0.762. The van der Waals surface area contributed by atoms with E-state index in [0.29, 0.717) is 23.7 Å². The van der Waals surface area contributed by atoms with Gasteiger partial charge in [-0.15, -0.1) is 0 Å². The van der Waals surface area contributed by atoms with Crippen LogP contribution in [-0.4, -0.2) is 27.1 Å². The van der Waals surface area contributed by atoms with Gasteiger partial charge in [0.2, 0.25) is 5.91 Å². The molecule has 0 spiro atoms. The average Bonchev–Trinajstić information content (AvgIpc) is 2.50. The van der Waals surface area contributed by atoms with Crippen LogP contribution in [0.2, 0.25) is 0 Å². The van der Waals surface area contributed by atoms with Gasteiger partial charge in [-0.05, 0) is 25.5 Å². The Balaban J connectivity index is 2.26. The highest BCUT2D eigenvalue weighted by molar-refractivity contribution is 5.87. The van der Waals surface area contributed by atoms with Crippen LogP contribution in [0.15, 0.2) is 41.3 Å². The van der Waals surface area contributed by atoms with Crippen LogP contribution < -0.4 is 10.7 Å². The molecule has 2 N–H and O–H groups in total. The molecule has 2 aromatic rings. The van der Waals surface area contributed by atoms with Gasteiger partial charge in [0.15, 0.2) is 5.43 Å². The van der Waals surface area contributed by atoms with Crippen molar-refractivity contribution < 1.29 is 14.7 Å². The Hall–Kier alpha value is -2.63. The second-order valence-corrected chi connectivity index (χ2v) is 5.76. The standard InChI is InChI=1S/C17H20N2O4/c1-3-9-17(2,16(22)23)18-15(21)11-19-10-8-14(20)12-6-4-5-7-13(12)19/h4-8,10H,3,9,11H2,1-2H3,(H,18,21)(H,22,23). The highest BCUT2D eigenvalue weighted by atomic mass is 16.4. The van der Waals surface area contributed by atoms with Crippen molar-refractivity contribution in [1.29, 1.82) is 0 Å². The van der Waals surface area contributed by atoms with Crippen molar-refractivity contribution in [1.82, 2.24) is 9.88 Å². The number of amides is 1. The molecule has 122 valence electrons. The molecule has 1 heterocycles. The van der Waals surface area contributed by atoms with Crippen molar-refractivity contribution >= 4 is 22.8 Å². The number of rotatable bonds is 6. The summed E-state index contributed by atoms with van der Waals surface area (Å²) in [6, 6.07) is 8.40. The number of aromatic nitrogens is 1. The molecule has 0 aliphatic carbocycles. The first-order valence-corrected chi connectivity index (χ1v) is 7.50. The molecule has 1 aromatic heterocycles. The van der Waals surface area contributed by atoms with Crippen LogP contribution >= 0.6 is 0 Å². The number of nitrogens with zero attached hydrogens (tertiary/aromatic N) is 1. The van der Waals surface area contributed by atoms with Crippen molar-refractivity contribution in [2.45, 2.75) is 38.8 Å². The lowest BCUT2D eigenvalue weighted by Crippen LogP contribution is -2.52. The van der Waals surface area contributed by atoms with Crippen molar-refractivity contribution in [3.63, 3.8) is 0 Å². The SMILES string of the molecule is CCCC(C)(NC(=O)Cn1ccc(=O)c2ccccc21)C(=O)O. The maximum absolute atomic E-state index is 12.3. The zero-order valence-corrected chi connectivity index (χ0v) is 13.2. The Morgan fingerprint density at radius 3 is 2.61 bits per heavy atom. The number of hydrogen-bond acceptors (Lipinski definition) is 3. The first kappa shape index (κ1) is 16.7. The molecule has 1 atom stereocenters. The fourth-order valence-corrected chi connectivity index (χ4v) is 2.62. The lowest BCUT2D eigenvalue weighted by atomic mass is 9.96. The average molecular weight is 316 g/mol. The third-order valence-electron chi connectivity index (χ3n) is 3.84. The summed E-state index contributed by atoms with van der Waals surface area (Å²) in [6.45, 7) is 3.32. The summed E-state index contributed by atoms with van der Waals surface area (Å²) < 4.78 is 1.64. The molecule has 23 heavy (non-hydrogen) atoms. The Kier molecular flexibility index (Phi) is 4.83. The molecule has 0 aliphatic rings. The molecule has 0 radical (unpaired) electrons. The number of aliphatic carboxylic acids is 1. The van der Waals surface area contributed by atoms with Crippen molar-refractivity contribution in [2.75, 3.05) is 0 Å². The molecular weight excluding hydrogens is 296 g/mol. The maximum atomic E-state index is 12.3. The van der Waals surface area contributed by atoms with Crippen LogP contribution in [-0.2, 0) is 16.1 Å². The van der Waals surface area contributed by atoms with E-state index in [-0.39, 0.29) is 12.0 Å². The van der Waals surface area contributed by atoms with E-state index in [0.717, 1.165) is 0 Å². The van der Waals surface area contributed by atoms with Crippen molar-refractivity contribution in [3.8, 4) is 0 Å². The largest absolute Gasteiger partial charge is 0.480 e. The number of fused-ring (bicyclic) bond motifs is 1. The fourth-order valence-electron chi connectivity index (χ4n) is 2.62. The van der Waals surface area contributed by atoms with E-state index in [1.165, 1.54) is 13.0 Å². The van der Waals surface area contributed by atoms with Gasteiger partial charge >= 0.3 is 5.97 Å². The predicted molar refractivity (Wildman–Crippen MR) is 87.3 cm³/mol. The van der Waals surface area contributed by atoms with Gasteiger partial charge in [-0.1, -0.05) is 25.5 Å². The molecule has 6 nitrogen and oxygen atoms in total. The van der Waals surface area contributed by atoms with E-state index in [1.54, 1.807) is 35.0 Å². The minimum atomic E-state index is -1.29. The van der Waals surface area contributed by atoms with Gasteiger partial charge in [-0.25, -0.2) is 4.79 Å². The highest BCUT2D eigenvalue weighted by Crippen LogP contribution is 2.14. The smallest absolute Gasteiger partial charge is 0.329 e. The third-order valence-corrected chi connectivity index (χ3v) is 3.84. The van der Waals surface area contributed by atoms with Crippen molar-refractivity contribution in [3.05, 3.63) is 46.8 Å². The summed E-state index contributed by atoms with van der Waals surface area (Å²) in [5.74, 6) is -1.46. The van der Waals surface area contributed by atoms with Gasteiger partial charge < -0.3 is 15.0 Å². The summed E-state index contributed by atoms with van der Waals surface area (Å²) in [7, 11) is 0. The topological polar surface area (TPSA) is 88.4 Å². The number of carboxylic acid groups (broad SMARTS) is 1. The Labute approximate surface area is 133 Å². The summed E-state index contributed by atoms with van der Waals surface area (Å²) in [6.07, 6.45) is 2.53. The normalized spacial score (nSPS) is 13.5. The Morgan fingerprint density at radius 1 is 1.26 bits per heavy atom. The zero-order chi connectivity index (χ0) is 17.0. The van der Waals surface area contributed by atoms with E-state index < -0.39 is 17.4 Å². The van der Waals surface area contributed by atoms with E-state index in [1.807, 2.05) is 6.92 Å². The van der Waals surface area contributed by atoms with Crippen LogP contribution in [0, 0.1) is 0 Å². The second-order valence-electron chi connectivity index (χ2n) is 5.76. The first-order valence-electron chi connectivity index (χ1n) is 7.50. The number of nitrogens with one attached hydrogen (secondary N) is 1. The lowest BCUT2D eigenvalue weighted by molar-refractivity contribution is -0.147. The van der Waals surface area contributed by atoms with Crippen LogP contribution in [0.3, 0.4) is 0 Å². The monoisotopic (exact) mass is 316 g/mol. The van der Waals surface area contributed by atoms with E-state index >= 15 is 0 Å². The van der Waals surface area contributed by atoms with Gasteiger partial charge in [-0.2, -0.15) is 0 Å². The van der Waals surface area contributed by atoms with Gasteiger partial charge in [0.1, 0.15) is 12.1 Å². The molecule has 1 aromatic carbocycles. The maximum Gasteiger partial charge on any atom is 0.329 e. The Morgan fingerprint density at radius 2 is 1.96 bits per heavy atom. The molecule has 0 saturated carbocycles. The van der Waals surface area contributed by atoms with Crippen LogP contribution in [0.4, 0.5) is 0 Å². The number of carbonyl (C=O) groups excluding carboxylic acids is 1. The highest BCUT2D eigenvalue weighted by Gasteiger charge is 2.33. The lowest BCUT2D eigenvalue weighted by Gasteiger charge is -2.26.